The van der Waals surface area contributed by atoms with Crippen LogP contribution in [0.5, 0.6) is 11.5 Å². The van der Waals surface area contributed by atoms with Gasteiger partial charge in [0.2, 0.25) is 0 Å². The summed E-state index contributed by atoms with van der Waals surface area (Å²) in [5.74, 6) is 1.11. The van der Waals surface area contributed by atoms with Crippen molar-refractivity contribution in [1.82, 2.24) is 19.7 Å². The summed E-state index contributed by atoms with van der Waals surface area (Å²) in [7, 11) is 0. The predicted octanol–water partition coefficient (Wildman–Crippen LogP) is 4.94. The average Bonchev–Trinajstić information content (AvgIpc) is 3.67. The van der Waals surface area contributed by atoms with E-state index in [-0.39, 0.29) is 18.0 Å². The van der Waals surface area contributed by atoms with Crippen molar-refractivity contribution < 1.29 is 19.1 Å². The van der Waals surface area contributed by atoms with E-state index in [1.54, 1.807) is 29.4 Å². The van der Waals surface area contributed by atoms with E-state index in [2.05, 4.69) is 23.7 Å². The molecule has 1 aromatic heterocycles. The Balaban J connectivity index is 1.57. The second kappa shape index (κ2) is 10.9. The van der Waals surface area contributed by atoms with Crippen LogP contribution in [-0.2, 0) is 11.3 Å². The number of aromatic nitrogens is 1. The Morgan fingerprint density at radius 3 is 2.42 bits per heavy atom. The molecule has 8 nitrogen and oxygen atoms in total. The van der Waals surface area contributed by atoms with Gasteiger partial charge in [-0.1, -0.05) is 6.07 Å². The number of benzene rings is 1. The minimum atomic E-state index is -0.574. The second-order valence-electron chi connectivity index (χ2n) is 10.9. The number of ether oxygens (including phenoxy) is 2. The van der Waals surface area contributed by atoms with Crippen molar-refractivity contribution in [3.05, 3.63) is 53.9 Å². The highest BCUT2D eigenvalue weighted by molar-refractivity contribution is 5.95. The van der Waals surface area contributed by atoms with Gasteiger partial charge in [0.15, 0.2) is 0 Å². The highest BCUT2D eigenvalue weighted by Gasteiger charge is 2.36. The number of nitrogens with zero attached hydrogens (tertiary/aromatic N) is 4. The summed E-state index contributed by atoms with van der Waals surface area (Å²) < 4.78 is 11.9. The summed E-state index contributed by atoms with van der Waals surface area (Å²) in [6.45, 7) is 13.4. The predicted molar refractivity (Wildman–Crippen MR) is 138 cm³/mol. The number of pyridine rings is 1. The first-order valence-corrected chi connectivity index (χ1v) is 12.8. The van der Waals surface area contributed by atoms with Crippen molar-refractivity contribution in [2.24, 2.45) is 0 Å². The summed E-state index contributed by atoms with van der Waals surface area (Å²) in [5.41, 5.74) is 0.818. The Bertz CT molecular complexity index is 1050. The smallest absolute Gasteiger partial charge is 0.410 e. The van der Waals surface area contributed by atoms with Crippen LogP contribution in [0.15, 0.2) is 42.7 Å². The first kappa shape index (κ1) is 25.9. The van der Waals surface area contributed by atoms with Gasteiger partial charge in [0.05, 0.1) is 12.7 Å². The van der Waals surface area contributed by atoms with Crippen LogP contribution in [0.1, 0.15) is 63.4 Å². The molecule has 2 heterocycles. The topological polar surface area (TPSA) is 75.2 Å². The molecule has 0 spiro atoms. The van der Waals surface area contributed by atoms with Crippen molar-refractivity contribution in [2.45, 2.75) is 71.7 Å². The standard InChI is InChI=1S/C28H38N4O4/c1-20(2)30-13-15-31(16-14-30)26(33)21-8-9-22(25(17-21)35-24-7-6-12-29-18-24)19-32(23-10-11-23)27(34)36-28(3,4)5/h6-9,12,17-18,20,23H,10-11,13-16,19H2,1-5H3. The van der Waals surface area contributed by atoms with E-state index >= 15 is 0 Å². The van der Waals surface area contributed by atoms with Crippen LogP contribution in [0.25, 0.3) is 0 Å². The molecule has 2 amide bonds. The van der Waals surface area contributed by atoms with Gasteiger partial charge in [0.1, 0.15) is 17.1 Å². The van der Waals surface area contributed by atoms with Crippen LogP contribution in [0.3, 0.4) is 0 Å². The number of amides is 2. The van der Waals surface area contributed by atoms with E-state index in [0.717, 1.165) is 31.5 Å². The van der Waals surface area contributed by atoms with Gasteiger partial charge in [0.25, 0.3) is 5.91 Å². The van der Waals surface area contributed by atoms with E-state index < -0.39 is 5.60 Å². The molecule has 1 aliphatic heterocycles. The lowest BCUT2D eigenvalue weighted by molar-refractivity contribution is 0.0215. The Morgan fingerprint density at radius 2 is 1.83 bits per heavy atom. The molecule has 8 heteroatoms. The molecule has 2 aliphatic rings. The molecule has 0 N–H and O–H groups in total. The molecule has 4 rings (SSSR count). The maximum Gasteiger partial charge on any atom is 0.410 e. The third-order valence-electron chi connectivity index (χ3n) is 6.46. The summed E-state index contributed by atoms with van der Waals surface area (Å²) in [5, 5.41) is 0. The number of hydrogen-bond acceptors (Lipinski definition) is 6. The first-order valence-electron chi connectivity index (χ1n) is 12.8. The fourth-order valence-corrected chi connectivity index (χ4v) is 4.30. The van der Waals surface area contributed by atoms with Crippen molar-refractivity contribution in [3.63, 3.8) is 0 Å². The van der Waals surface area contributed by atoms with E-state index in [9.17, 15) is 9.59 Å². The third-order valence-corrected chi connectivity index (χ3v) is 6.46. The zero-order valence-corrected chi connectivity index (χ0v) is 22.1. The van der Waals surface area contributed by atoms with Crippen LogP contribution in [0.4, 0.5) is 4.79 Å². The fourth-order valence-electron chi connectivity index (χ4n) is 4.30. The van der Waals surface area contributed by atoms with Gasteiger partial charge in [-0.25, -0.2) is 4.79 Å². The van der Waals surface area contributed by atoms with Crippen LogP contribution in [0, 0.1) is 0 Å². The molecule has 36 heavy (non-hydrogen) atoms. The van der Waals surface area contributed by atoms with Crippen LogP contribution in [0.2, 0.25) is 0 Å². The molecular formula is C28H38N4O4. The van der Waals surface area contributed by atoms with Gasteiger partial charge in [0, 0.05) is 55.6 Å². The van der Waals surface area contributed by atoms with Crippen LogP contribution < -0.4 is 4.74 Å². The maximum atomic E-state index is 13.4. The fraction of sp³-hybridized carbons (Fsp3) is 0.536. The zero-order chi connectivity index (χ0) is 25.9. The van der Waals surface area contributed by atoms with E-state index in [0.29, 0.717) is 42.7 Å². The van der Waals surface area contributed by atoms with E-state index in [1.807, 2.05) is 43.9 Å². The van der Waals surface area contributed by atoms with Gasteiger partial charge in [-0.3, -0.25) is 14.7 Å². The monoisotopic (exact) mass is 494 g/mol. The highest BCUT2D eigenvalue weighted by atomic mass is 16.6. The molecular weight excluding hydrogens is 456 g/mol. The molecule has 0 atom stereocenters. The van der Waals surface area contributed by atoms with Gasteiger partial charge in [-0.2, -0.15) is 0 Å². The molecule has 1 aromatic carbocycles. The molecule has 0 unspecified atom stereocenters. The Morgan fingerprint density at radius 1 is 1.11 bits per heavy atom. The summed E-state index contributed by atoms with van der Waals surface area (Å²) >= 11 is 0. The number of rotatable bonds is 7. The van der Waals surface area contributed by atoms with E-state index in [1.165, 1.54) is 0 Å². The number of piperazine rings is 1. The quantitative estimate of drug-likeness (QED) is 0.543. The van der Waals surface area contributed by atoms with Crippen LogP contribution in [-0.4, -0.2) is 75.5 Å². The first-order chi connectivity index (χ1) is 17.1. The largest absolute Gasteiger partial charge is 0.455 e. The van der Waals surface area contributed by atoms with Crippen LogP contribution >= 0.6 is 0 Å². The second-order valence-corrected chi connectivity index (χ2v) is 10.9. The molecule has 1 saturated heterocycles. The normalized spacial score (nSPS) is 16.7. The zero-order valence-electron chi connectivity index (χ0n) is 22.1. The molecule has 2 fully saturated rings. The number of carbonyl (C=O) groups is 2. The summed E-state index contributed by atoms with van der Waals surface area (Å²) in [6.07, 6.45) is 4.90. The van der Waals surface area contributed by atoms with Crippen molar-refractivity contribution in [1.29, 1.82) is 0 Å². The summed E-state index contributed by atoms with van der Waals surface area (Å²) in [6, 6.07) is 9.77. The average molecular weight is 495 g/mol. The Kier molecular flexibility index (Phi) is 7.83. The van der Waals surface area contributed by atoms with Gasteiger partial charge >= 0.3 is 6.09 Å². The van der Waals surface area contributed by atoms with Gasteiger partial charge in [-0.05, 0) is 71.7 Å². The van der Waals surface area contributed by atoms with Gasteiger partial charge < -0.3 is 19.3 Å². The van der Waals surface area contributed by atoms with Crippen molar-refractivity contribution in [2.75, 3.05) is 26.2 Å². The molecule has 0 radical (unpaired) electrons. The number of carbonyl (C=O) groups excluding carboxylic acids is 2. The van der Waals surface area contributed by atoms with Gasteiger partial charge in [-0.15, -0.1) is 0 Å². The third kappa shape index (κ3) is 6.75. The lowest BCUT2D eigenvalue weighted by Crippen LogP contribution is -2.50. The Hall–Kier alpha value is -3.13. The highest BCUT2D eigenvalue weighted by Crippen LogP contribution is 2.34. The maximum absolute atomic E-state index is 13.4. The van der Waals surface area contributed by atoms with Crippen molar-refractivity contribution in [3.8, 4) is 11.5 Å². The Labute approximate surface area is 214 Å². The molecule has 2 aromatic rings. The lowest BCUT2D eigenvalue weighted by Gasteiger charge is -2.37. The molecule has 0 bridgehead atoms. The minimum absolute atomic E-state index is 0.00724. The van der Waals surface area contributed by atoms with Crippen molar-refractivity contribution >= 4 is 12.0 Å². The molecule has 1 aliphatic carbocycles. The minimum Gasteiger partial charge on any atom is -0.455 e. The molecule has 194 valence electrons. The SMILES string of the molecule is CC(C)N1CCN(C(=O)c2ccc(CN(C(=O)OC(C)(C)C)C3CC3)c(Oc3cccnc3)c2)CC1. The number of hydrogen-bond donors (Lipinski definition) is 0. The lowest BCUT2D eigenvalue weighted by atomic mass is 10.1. The summed E-state index contributed by atoms with van der Waals surface area (Å²) in [4.78, 5) is 36.5. The van der Waals surface area contributed by atoms with E-state index in [4.69, 9.17) is 9.47 Å². The molecule has 1 saturated carbocycles.